The fraction of sp³-hybridized carbons (Fsp3) is 0.650. The van der Waals surface area contributed by atoms with Crippen LogP contribution in [0.1, 0.15) is 66.2 Å². The van der Waals surface area contributed by atoms with E-state index in [1.165, 1.54) is 5.57 Å². The molecule has 0 aromatic carbocycles. The van der Waals surface area contributed by atoms with Crippen LogP contribution in [-0.2, 0) is 9.53 Å². The summed E-state index contributed by atoms with van der Waals surface area (Å²) in [6.45, 7) is 7.59. The number of hydrogen-bond acceptors (Lipinski definition) is 4. The molecular formula is C20H30O4. The molecule has 3 atom stereocenters. The fourth-order valence-electron chi connectivity index (χ4n) is 3.31. The molecule has 0 saturated carbocycles. The van der Waals surface area contributed by atoms with Crippen LogP contribution < -0.4 is 0 Å². The maximum absolute atomic E-state index is 11.9. The Labute approximate surface area is 144 Å². The van der Waals surface area contributed by atoms with Gasteiger partial charge in [0, 0.05) is 5.57 Å². The van der Waals surface area contributed by atoms with Crippen LogP contribution in [-0.4, -0.2) is 34.0 Å². The maximum atomic E-state index is 11.9. The minimum atomic E-state index is -1.08. The molecule has 1 aliphatic heterocycles. The van der Waals surface area contributed by atoms with E-state index in [1.807, 2.05) is 19.9 Å². The van der Waals surface area contributed by atoms with E-state index in [4.69, 9.17) is 4.74 Å². The highest BCUT2D eigenvalue weighted by Crippen LogP contribution is 2.31. The third-order valence-electron chi connectivity index (χ3n) is 5.26. The summed E-state index contributed by atoms with van der Waals surface area (Å²) in [6.07, 6.45) is 7.19. The topological polar surface area (TPSA) is 66.8 Å². The smallest absolute Gasteiger partial charge is 0.334 e. The van der Waals surface area contributed by atoms with Gasteiger partial charge in [-0.25, -0.2) is 4.79 Å². The number of hydrogen-bond donors (Lipinski definition) is 2. The van der Waals surface area contributed by atoms with Crippen LogP contribution in [0.5, 0.6) is 0 Å². The number of esters is 1. The van der Waals surface area contributed by atoms with Gasteiger partial charge in [-0.05, 0) is 77.9 Å². The summed E-state index contributed by atoms with van der Waals surface area (Å²) in [5, 5.41) is 20.8. The number of allylic oxidation sites excluding steroid dienone is 3. The van der Waals surface area contributed by atoms with Gasteiger partial charge in [-0.1, -0.05) is 17.2 Å². The Balaban J connectivity index is 2.25. The van der Waals surface area contributed by atoms with Gasteiger partial charge in [-0.15, -0.1) is 0 Å². The molecule has 4 heteroatoms. The maximum Gasteiger partial charge on any atom is 0.334 e. The predicted molar refractivity (Wildman–Crippen MR) is 94.4 cm³/mol. The quantitative estimate of drug-likeness (QED) is 0.525. The van der Waals surface area contributed by atoms with E-state index in [-0.39, 0.29) is 12.1 Å². The van der Waals surface area contributed by atoms with Crippen molar-refractivity contribution in [1.82, 2.24) is 0 Å². The lowest BCUT2D eigenvalue weighted by Gasteiger charge is -2.29. The van der Waals surface area contributed by atoms with E-state index in [1.54, 1.807) is 6.92 Å². The number of rotatable bonds is 0. The zero-order chi connectivity index (χ0) is 17.9. The van der Waals surface area contributed by atoms with Gasteiger partial charge >= 0.3 is 5.97 Å². The molecular weight excluding hydrogens is 304 g/mol. The van der Waals surface area contributed by atoms with Crippen molar-refractivity contribution >= 4 is 5.97 Å². The number of carbonyl (C=O) groups excluding carboxylic acids is 1. The summed E-state index contributed by atoms with van der Waals surface area (Å²) in [7, 11) is 0. The van der Waals surface area contributed by atoms with E-state index >= 15 is 0 Å². The molecule has 4 nitrogen and oxygen atoms in total. The number of aliphatic hydroxyl groups is 2. The summed E-state index contributed by atoms with van der Waals surface area (Å²) in [4.78, 5) is 11.9. The van der Waals surface area contributed by atoms with Crippen LogP contribution in [0.25, 0.3) is 0 Å². The van der Waals surface area contributed by atoms with Crippen molar-refractivity contribution in [2.75, 3.05) is 0 Å². The van der Waals surface area contributed by atoms with Gasteiger partial charge in [-0.3, -0.25) is 0 Å². The van der Waals surface area contributed by atoms with Gasteiger partial charge in [0.15, 0.2) is 0 Å². The van der Waals surface area contributed by atoms with Crippen molar-refractivity contribution < 1.29 is 19.7 Å². The zero-order valence-corrected chi connectivity index (χ0v) is 15.3. The third-order valence-corrected chi connectivity index (χ3v) is 5.26. The van der Waals surface area contributed by atoms with Crippen LogP contribution in [0.2, 0.25) is 0 Å². The van der Waals surface area contributed by atoms with Gasteiger partial charge < -0.3 is 14.9 Å². The molecule has 0 unspecified atom stereocenters. The van der Waals surface area contributed by atoms with Gasteiger partial charge in [0.1, 0.15) is 6.10 Å². The normalized spacial score (nSPS) is 37.7. The molecule has 24 heavy (non-hydrogen) atoms. The highest BCUT2D eigenvalue weighted by Gasteiger charge is 2.31. The largest absolute Gasteiger partial charge is 0.450 e. The lowest BCUT2D eigenvalue weighted by molar-refractivity contribution is -0.138. The minimum Gasteiger partial charge on any atom is -0.450 e. The van der Waals surface area contributed by atoms with Gasteiger partial charge in [0.25, 0.3) is 0 Å². The predicted octanol–water partition coefficient (Wildman–Crippen LogP) is 3.59. The molecule has 1 aliphatic carbocycles. The minimum absolute atomic E-state index is 0.229. The fourth-order valence-corrected chi connectivity index (χ4v) is 3.31. The average molecular weight is 334 g/mol. The Hall–Kier alpha value is -1.39. The monoisotopic (exact) mass is 334 g/mol. The summed E-state index contributed by atoms with van der Waals surface area (Å²) in [5.41, 5.74) is 3.02. The van der Waals surface area contributed by atoms with E-state index in [0.717, 1.165) is 36.0 Å². The standard InChI is InChI=1S/C20H30O4/c1-13-6-5-11-20(4,23)18(21)10-8-14(2)12-17-16(9-7-13)15(3)19(22)24-17/h6,12,17-18,21,23H,5,7-11H2,1-4H3/b13-6+,14-12+/t17-,18-,20+/m0/s1. The lowest BCUT2D eigenvalue weighted by Crippen LogP contribution is -2.39. The highest BCUT2D eigenvalue weighted by atomic mass is 16.5. The van der Waals surface area contributed by atoms with Gasteiger partial charge in [0.05, 0.1) is 11.7 Å². The average Bonchev–Trinajstić information content (AvgIpc) is 2.76. The van der Waals surface area contributed by atoms with Gasteiger partial charge in [-0.2, -0.15) is 0 Å². The Morgan fingerprint density at radius 1 is 1.17 bits per heavy atom. The Morgan fingerprint density at radius 3 is 2.58 bits per heavy atom. The summed E-state index contributed by atoms with van der Waals surface area (Å²) in [5.74, 6) is -0.229. The summed E-state index contributed by atoms with van der Waals surface area (Å²) in [6, 6.07) is 0. The van der Waals surface area contributed by atoms with Crippen molar-refractivity contribution in [3.8, 4) is 0 Å². The first-order chi connectivity index (χ1) is 11.2. The van der Waals surface area contributed by atoms with E-state index in [2.05, 4.69) is 13.0 Å². The molecule has 0 aromatic heterocycles. The molecule has 2 N–H and O–H groups in total. The highest BCUT2D eigenvalue weighted by molar-refractivity contribution is 5.92. The van der Waals surface area contributed by atoms with E-state index in [9.17, 15) is 15.0 Å². The number of ether oxygens (including phenoxy) is 1. The first kappa shape index (κ1) is 18.9. The third kappa shape index (κ3) is 4.58. The number of carbonyl (C=O) groups is 1. The summed E-state index contributed by atoms with van der Waals surface area (Å²) >= 11 is 0. The molecule has 0 saturated heterocycles. The van der Waals surface area contributed by atoms with Crippen LogP contribution >= 0.6 is 0 Å². The first-order valence-corrected chi connectivity index (χ1v) is 8.84. The molecule has 0 bridgehead atoms. The number of fused-ring (bicyclic) bond motifs is 1. The summed E-state index contributed by atoms with van der Waals surface area (Å²) < 4.78 is 5.49. The molecule has 0 radical (unpaired) electrons. The Morgan fingerprint density at radius 2 is 1.88 bits per heavy atom. The van der Waals surface area contributed by atoms with Crippen LogP contribution in [0, 0.1) is 0 Å². The molecule has 0 amide bonds. The molecule has 2 aliphatic rings. The van der Waals surface area contributed by atoms with Crippen molar-refractivity contribution in [3.05, 3.63) is 34.4 Å². The molecule has 2 rings (SSSR count). The Bertz CT molecular complexity index is 580. The first-order valence-electron chi connectivity index (χ1n) is 8.84. The van der Waals surface area contributed by atoms with E-state index < -0.39 is 11.7 Å². The van der Waals surface area contributed by atoms with Crippen LogP contribution in [0.3, 0.4) is 0 Å². The zero-order valence-electron chi connectivity index (χ0n) is 15.3. The van der Waals surface area contributed by atoms with Gasteiger partial charge in [0.2, 0.25) is 0 Å². The molecule has 0 spiro atoms. The SMILES string of the molecule is CC1=C2CC/C(C)=C/CC[C@@](C)(O)[C@@H](O)CC/C(C)=C/[C@@H]2OC1=O. The molecule has 0 fully saturated rings. The van der Waals surface area contributed by atoms with E-state index in [0.29, 0.717) is 19.3 Å². The number of aliphatic hydroxyl groups excluding tert-OH is 1. The second kappa shape index (κ2) is 7.66. The molecule has 0 aromatic rings. The Kier molecular flexibility index (Phi) is 6.05. The molecule has 1 heterocycles. The lowest BCUT2D eigenvalue weighted by atomic mass is 9.88. The second-order valence-corrected chi connectivity index (χ2v) is 7.49. The van der Waals surface area contributed by atoms with Crippen LogP contribution in [0.4, 0.5) is 0 Å². The van der Waals surface area contributed by atoms with Crippen molar-refractivity contribution in [1.29, 1.82) is 0 Å². The molecule has 134 valence electrons. The van der Waals surface area contributed by atoms with Crippen molar-refractivity contribution in [2.24, 2.45) is 0 Å². The second-order valence-electron chi connectivity index (χ2n) is 7.49. The van der Waals surface area contributed by atoms with Crippen molar-refractivity contribution in [2.45, 2.75) is 84.0 Å². The van der Waals surface area contributed by atoms with Crippen LogP contribution in [0.15, 0.2) is 34.4 Å². The van der Waals surface area contributed by atoms with Crippen molar-refractivity contribution in [3.63, 3.8) is 0 Å².